The molecule has 0 aliphatic rings. The highest BCUT2D eigenvalue weighted by Gasteiger charge is 2.09. The van der Waals surface area contributed by atoms with E-state index in [0.29, 0.717) is 12.0 Å². The van der Waals surface area contributed by atoms with Crippen molar-refractivity contribution in [2.75, 3.05) is 0 Å². The highest BCUT2D eigenvalue weighted by atomic mass is 16.5. The maximum absolute atomic E-state index is 7.11. The monoisotopic (exact) mass is 223 g/mol. The van der Waals surface area contributed by atoms with Crippen LogP contribution < -0.4 is 0 Å². The van der Waals surface area contributed by atoms with Crippen molar-refractivity contribution < 1.29 is 4.74 Å². The summed E-state index contributed by atoms with van der Waals surface area (Å²) in [6, 6.07) is 0. The highest BCUT2D eigenvalue weighted by Crippen LogP contribution is 2.17. The van der Waals surface area contributed by atoms with E-state index in [2.05, 4.69) is 27.7 Å². The number of allylic oxidation sites excluding steroid dienone is 4. The Kier molecular flexibility index (Phi) is 7.61. The summed E-state index contributed by atoms with van der Waals surface area (Å²) >= 11 is 0. The Hall–Kier alpha value is -1.05. The fraction of sp³-hybridized carbons (Fsp3) is 0.643. The lowest BCUT2D eigenvalue weighted by molar-refractivity contribution is 0.0915. The standard InChI is InChI=1S/C14H25NO/c1-6-13(7-2)16-14(11(3)4)9-8-12(5)10-15/h8-11,13,15H,6-7H2,1-5H3/b12-8-,14-9+,15-10?. The van der Waals surface area contributed by atoms with Gasteiger partial charge in [-0.15, -0.1) is 0 Å². The van der Waals surface area contributed by atoms with Crippen LogP contribution in [-0.2, 0) is 4.74 Å². The normalized spacial score (nSPS) is 13.4. The Morgan fingerprint density at radius 1 is 1.19 bits per heavy atom. The number of ether oxygens (including phenoxy) is 1. The zero-order valence-corrected chi connectivity index (χ0v) is 11.2. The first-order valence-corrected chi connectivity index (χ1v) is 6.10. The van der Waals surface area contributed by atoms with E-state index in [1.54, 1.807) is 0 Å². The van der Waals surface area contributed by atoms with E-state index < -0.39 is 0 Å². The molecule has 0 fully saturated rings. The number of nitrogens with one attached hydrogen (secondary N) is 1. The summed E-state index contributed by atoms with van der Waals surface area (Å²) in [6.07, 6.45) is 7.66. The molecule has 2 nitrogen and oxygen atoms in total. The van der Waals surface area contributed by atoms with E-state index in [0.717, 1.165) is 24.2 Å². The predicted octanol–water partition coefficient (Wildman–Crippen LogP) is 4.33. The maximum Gasteiger partial charge on any atom is 0.0989 e. The van der Waals surface area contributed by atoms with Gasteiger partial charge in [-0.05, 0) is 31.4 Å². The summed E-state index contributed by atoms with van der Waals surface area (Å²) in [7, 11) is 0. The molecule has 1 N–H and O–H groups in total. The van der Waals surface area contributed by atoms with Gasteiger partial charge in [-0.3, -0.25) is 0 Å². The van der Waals surface area contributed by atoms with Crippen LogP contribution in [0.4, 0.5) is 0 Å². The molecule has 0 unspecified atom stereocenters. The molecule has 0 aromatic heterocycles. The minimum Gasteiger partial charge on any atom is -0.495 e. The Bertz CT molecular complexity index is 260. The van der Waals surface area contributed by atoms with Gasteiger partial charge in [0.25, 0.3) is 0 Å². The molecule has 0 saturated heterocycles. The second-order valence-electron chi connectivity index (χ2n) is 4.34. The minimum absolute atomic E-state index is 0.308. The van der Waals surface area contributed by atoms with Crippen molar-refractivity contribution in [2.24, 2.45) is 5.92 Å². The average Bonchev–Trinajstić information content (AvgIpc) is 2.28. The fourth-order valence-electron chi connectivity index (χ4n) is 1.28. The largest absolute Gasteiger partial charge is 0.495 e. The van der Waals surface area contributed by atoms with Crippen LogP contribution in [-0.4, -0.2) is 12.3 Å². The van der Waals surface area contributed by atoms with Gasteiger partial charge in [0.15, 0.2) is 0 Å². The van der Waals surface area contributed by atoms with E-state index in [-0.39, 0.29) is 0 Å². The first-order chi connectivity index (χ1) is 7.54. The van der Waals surface area contributed by atoms with Crippen LogP contribution in [0.1, 0.15) is 47.5 Å². The fourth-order valence-corrected chi connectivity index (χ4v) is 1.28. The third-order valence-corrected chi connectivity index (χ3v) is 2.52. The molecule has 0 saturated carbocycles. The van der Waals surface area contributed by atoms with E-state index in [9.17, 15) is 0 Å². The van der Waals surface area contributed by atoms with Gasteiger partial charge < -0.3 is 10.1 Å². The molecule has 0 aliphatic carbocycles. The lowest BCUT2D eigenvalue weighted by atomic mass is 10.1. The molecule has 0 heterocycles. The summed E-state index contributed by atoms with van der Waals surface area (Å²) in [6.45, 7) is 10.5. The predicted molar refractivity (Wildman–Crippen MR) is 70.9 cm³/mol. The smallest absolute Gasteiger partial charge is 0.0989 e. The third kappa shape index (κ3) is 5.74. The quantitative estimate of drug-likeness (QED) is 0.389. The van der Waals surface area contributed by atoms with Gasteiger partial charge in [-0.25, -0.2) is 0 Å². The summed E-state index contributed by atoms with van der Waals surface area (Å²) in [5.41, 5.74) is 0.936. The zero-order valence-electron chi connectivity index (χ0n) is 11.2. The van der Waals surface area contributed by atoms with Crippen molar-refractivity contribution >= 4 is 6.21 Å². The van der Waals surface area contributed by atoms with Gasteiger partial charge in [0, 0.05) is 12.1 Å². The number of rotatable bonds is 7. The SMILES string of the molecule is CCC(CC)O/C(=C/C=C(/C)C=N)C(C)C. The Labute approximate surface area is 99.9 Å². The molecule has 2 heteroatoms. The number of hydrogen-bond donors (Lipinski definition) is 1. The first kappa shape index (κ1) is 14.9. The van der Waals surface area contributed by atoms with Crippen LogP contribution in [0, 0.1) is 11.3 Å². The Morgan fingerprint density at radius 2 is 1.75 bits per heavy atom. The van der Waals surface area contributed by atoms with Crippen molar-refractivity contribution in [3.63, 3.8) is 0 Å². The Morgan fingerprint density at radius 3 is 2.12 bits per heavy atom. The van der Waals surface area contributed by atoms with Gasteiger partial charge in [0.05, 0.1) is 11.9 Å². The lowest BCUT2D eigenvalue weighted by Crippen LogP contribution is -2.12. The molecule has 0 radical (unpaired) electrons. The second kappa shape index (κ2) is 8.14. The minimum atomic E-state index is 0.308. The number of hydrogen-bond acceptors (Lipinski definition) is 2. The Balaban J connectivity index is 4.67. The van der Waals surface area contributed by atoms with E-state index in [1.807, 2.05) is 19.1 Å². The highest BCUT2D eigenvalue weighted by molar-refractivity contribution is 5.75. The molecule has 92 valence electrons. The summed E-state index contributed by atoms with van der Waals surface area (Å²) in [5, 5.41) is 7.11. The lowest BCUT2D eigenvalue weighted by Gasteiger charge is -2.20. The van der Waals surface area contributed by atoms with Crippen molar-refractivity contribution in [2.45, 2.75) is 53.6 Å². The average molecular weight is 223 g/mol. The van der Waals surface area contributed by atoms with Crippen LogP contribution in [0.25, 0.3) is 0 Å². The third-order valence-electron chi connectivity index (χ3n) is 2.52. The molecule has 0 aliphatic heterocycles. The molecule has 0 spiro atoms. The molecule has 16 heavy (non-hydrogen) atoms. The molecule has 0 aromatic carbocycles. The summed E-state index contributed by atoms with van der Waals surface area (Å²) in [5.74, 6) is 1.39. The second-order valence-corrected chi connectivity index (χ2v) is 4.34. The molecular formula is C14H25NO. The molecule has 0 amide bonds. The van der Waals surface area contributed by atoms with Gasteiger partial charge in [-0.2, -0.15) is 0 Å². The van der Waals surface area contributed by atoms with Crippen molar-refractivity contribution in [1.82, 2.24) is 0 Å². The van der Waals surface area contributed by atoms with Gasteiger partial charge in [0.2, 0.25) is 0 Å². The van der Waals surface area contributed by atoms with Crippen LogP contribution >= 0.6 is 0 Å². The van der Waals surface area contributed by atoms with Crippen LogP contribution in [0.5, 0.6) is 0 Å². The molecule has 0 aromatic rings. The summed E-state index contributed by atoms with van der Waals surface area (Å²) < 4.78 is 5.95. The summed E-state index contributed by atoms with van der Waals surface area (Å²) in [4.78, 5) is 0. The van der Waals surface area contributed by atoms with Gasteiger partial charge >= 0.3 is 0 Å². The molecular weight excluding hydrogens is 198 g/mol. The molecule has 0 bridgehead atoms. The van der Waals surface area contributed by atoms with Gasteiger partial charge in [0.1, 0.15) is 0 Å². The zero-order chi connectivity index (χ0) is 12.6. The van der Waals surface area contributed by atoms with Crippen LogP contribution in [0.2, 0.25) is 0 Å². The van der Waals surface area contributed by atoms with Crippen molar-refractivity contribution in [3.8, 4) is 0 Å². The van der Waals surface area contributed by atoms with Crippen LogP contribution in [0.15, 0.2) is 23.5 Å². The first-order valence-electron chi connectivity index (χ1n) is 6.10. The van der Waals surface area contributed by atoms with E-state index >= 15 is 0 Å². The van der Waals surface area contributed by atoms with Crippen LogP contribution in [0.3, 0.4) is 0 Å². The van der Waals surface area contributed by atoms with Crippen molar-refractivity contribution in [3.05, 3.63) is 23.5 Å². The van der Waals surface area contributed by atoms with E-state index in [4.69, 9.17) is 10.1 Å². The maximum atomic E-state index is 7.11. The van der Waals surface area contributed by atoms with E-state index in [1.165, 1.54) is 6.21 Å². The van der Waals surface area contributed by atoms with Crippen molar-refractivity contribution in [1.29, 1.82) is 5.41 Å². The van der Waals surface area contributed by atoms with Gasteiger partial charge in [-0.1, -0.05) is 33.8 Å². The molecule has 0 rings (SSSR count). The molecule has 0 atom stereocenters. The topological polar surface area (TPSA) is 33.1 Å².